The van der Waals surface area contributed by atoms with E-state index in [2.05, 4.69) is 67.6 Å². The van der Waals surface area contributed by atoms with Crippen molar-refractivity contribution in [2.45, 2.75) is 58.3 Å². The molecule has 1 fully saturated rings. The maximum absolute atomic E-state index is 2.52. The lowest BCUT2D eigenvalue weighted by Gasteiger charge is -2.26. The Labute approximate surface area is 169 Å². The first kappa shape index (κ1) is 17.7. The maximum atomic E-state index is 2.52. The first-order valence-corrected chi connectivity index (χ1v) is 11.1. The molecule has 0 aromatic heterocycles. The molecule has 1 saturated carbocycles. The fourth-order valence-electron chi connectivity index (χ4n) is 5.15. The molecule has 2 aromatic rings. The predicted octanol–water partition coefficient (Wildman–Crippen LogP) is 7.03. The second kappa shape index (κ2) is 7.59. The van der Waals surface area contributed by atoms with Crippen LogP contribution in [0.4, 0.5) is 0 Å². The van der Waals surface area contributed by atoms with Crippen molar-refractivity contribution >= 4 is 6.08 Å². The molecule has 0 amide bonds. The molecule has 5 rings (SSSR count). The van der Waals surface area contributed by atoms with Crippen molar-refractivity contribution in [3.8, 4) is 0 Å². The fraction of sp³-hybridized carbons (Fsp3) is 0.357. The molecule has 1 atom stereocenters. The van der Waals surface area contributed by atoms with E-state index in [9.17, 15) is 0 Å². The predicted molar refractivity (Wildman–Crippen MR) is 119 cm³/mol. The molecule has 0 aliphatic heterocycles. The molecular formula is C28H30. The summed E-state index contributed by atoms with van der Waals surface area (Å²) in [6.07, 6.45) is 17.0. The van der Waals surface area contributed by atoms with Gasteiger partial charge >= 0.3 is 0 Å². The van der Waals surface area contributed by atoms with Crippen molar-refractivity contribution in [3.63, 3.8) is 0 Å². The van der Waals surface area contributed by atoms with Gasteiger partial charge in [-0.1, -0.05) is 73.2 Å². The van der Waals surface area contributed by atoms with Crippen molar-refractivity contribution in [1.82, 2.24) is 0 Å². The Morgan fingerprint density at radius 3 is 2.46 bits per heavy atom. The van der Waals surface area contributed by atoms with Crippen molar-refractivity contribution in [3.05, 3.63) is 99.2 Å². The Balaban J connectivity index is 1.26. The van der Waals surface area contributed by atoms with Crippen LogP contribution in [-0.2, 0) is 25.7 Å². The minimum absolute atomic E-state index is 0.759. The van der Waals surface area contributed by atoms with Gasteiger partial charge in [-0.2, -0.15) is 0 Å². The molecule has 0 heterocycles. The van der Waals surface area contributed by atoms with E-state index < -0.39 is 0 Å². The number of allylic oxidation sites excluding steroid dienone is 5. The van der Waals surface area contributed by atoms with Crippen LogP contribution in [0.2, 0.25) is 0 Å². The van der Waals surface area contributed by atoms with Gasteiger partial charge in [0.15, 0.2) is 0 Å². The summed E-state index contributed by atoms with van der Waals surface area (Å²) in [4.78, 5) is 0. The average molecular weight is 367 g/mol. The molecule has 0 spiro atoms. The van der Waals surface area contributed by atoms with E-state index in [1.54, 1.807) is 16.7 Å². The number of fused-ring (bicyclic) bond motifs is 2. The summed E-state index contributed by atoms with van der Waals surface area (Å²) < 4.78 is 0. The normalized spacial score (nSPS) is 20.3. The van der Waals surface area contributed by atoms with Gasteiger partial charge < -0.3 is 0 Å². The molecule has 0 radical (unpaired) electrons. The number of aryl methyl sites for hydroxylation is 3. The van der Waals surface area contributed by atoms with Crippen LogP contribution in [0, 0.1) is 5.92 Å². The van der Waals surface area contributed by atoms with Gasteiger partial charge in [-0.15, -0.1) is 0 Å². The summed E-state index contributed by atoms with van der Waals surface area (Å²) in [6, 6.07) is 16.3. The van der Waals surface area contributed by atoms with Gasteiger partial charge in [0.05, 0.1) is 0 Å². The van der Waals surface area contributed by atoms with Crippen molar-refractivity contribution in [2.75, 3.05) is 0 Å². The third kappa shape index (κ3) is 3.53. The molecule has 28 heavy (non-hydrogen) atoms. The summed E-state index contributed by atoms with van der Waals surface area (Å²) in [5, 5.41) is 0. The SMILES string of the molecule is CCc1ccc(CCc2ccc3c(c2)C=C(C2CCC4=CCC=C4C2)C3)cc1. The molecular weight excluding hydrogens is 336 g/mol. The zero-order valence-corrected chi connectivity index (χ0v) is 17.0. The zero-order chi connectivity index (χ0) is 18.9. The number of benzene rings is 2. The lowest BCUT2D eigenvalue weighted by molar-refractivity contribution is 0.519. The van der Waals surface area contributed by atoms with Crippen LogP contribution in [0.5, 0.6) is 0 Å². The van der Waals surface area contributed by atoms with E-state index in [1.165, 1.54) is 59.9 Å². The number of hydrogen-bond donors (Lipinski definition) is 0. The molecule has 0 N–H and O–H groups in total. The van der Waals surface area contributed by atoms with Gasteiger partial charge in [-0.25, -0.2) is 0 Å². The Morgan fingerprint density at radius 2 is 1.61 bits per heavy atom. The molecule has 0 bridgehead atoms. The second-order valence-corrected chi connectivity index (χ2v) is 8.73. The van der Waals surface area contributed by atoms with E-state index >= 15 is 0 Å². The van der Waals surface area contributed by atoms with E-state index in [4.69, 9.17) is 0 Å². The average Bonchev–Trinajstić information content (AvgIpc) is 3.38. The molecule has 0 saturated heterocycles. The third-order valence-corrected chi connectivity index (χ3v) is 6.97. The lowest BCUT2D eigenvalue weighted by Crippen LogP contribution is -2.12. The first-order chi connectivity index (χ1) is 13.8. The van der Waals surface area contributed by atoms with Gasteiger partial charge in [-0.3, -0.25) is 0 Å². The van der Waals surface area contributed by atoms with Crippen LogP contribution in [0.15, 0.2) is 71.3 Å². The smallest absolute Gasteiger partial charge is 0.00549 e. The molecule has 3 aliphatic carbocycles. The quantitative estimate of drug-likeness (QED) is 0.533. The van der Waals surface area contributed by atoms with Gasteiger partial charge in [0.1, 0.15) is 0 Å². The highest BCUT2D eigenvalue weighted by Crippen LogP contribution is 2.43. The molecule has 2 aromatic carbocycles. The Hall–Kier alpha value is -2.34. The van der Waals surface area contributed by atoms with Crippen LogP contribution in [0.3, 0.4) is 0 Å². The maximum Gasteiger partial charge on any atom is -0.00549 e. The first-order valence-electron chi connectivity index (χ1n) is 11.1. The summed E-state index contributed by atoms with van der Waals surface area (Å²) in [6.45, 7) is 2.22. The summed E-state index contributed by atoms with van der Waals surface area (Å²) >= 11 is 0. The minimum Gasteiger partial charge on any atom is -0.0772 e. The topological polar surface area (TPSA) is 0 Å². The van der Waals surface area contributed by atoms with Crippen LogP contribution in [0.25, 0.3) is 6.08 Å². The minimum atomic E-state index is 0.759. The van der Waals surface area contributed by atoms with Gasteiger partial charge in [0.25, 0.3) is 0 Å². The van der Waals surface area contributed by atoms with Crippen LogP contribution in [0.1, 0.15) is 60.4 Å². The fourth-order valence-corrected chi connectivity index (χ4v) is 5.15. The van der Waals surface area contributed by atoms with Crippen molar-refractivity contribution < 1.29 is 0 Å². The monoisotopic (exact) mass is 366 g/mol. The van der Waals surface area contributed by atoms with E-state index in [1.807, 2.05) is 0 Å². The highest BCUT2D eigenvalue weighted by atomic mass is 14.3. The standard InChI is InChI=1S/C28H30/c1-2-20-6-8-21(9-7-20)10-11-22-12-13-25-18-28(19-27(25)16-22)26-15-14-23-4-3-5-24(23)17-26/h4-9,12-13,16,19,26H,2-3,10-11,14-15,17-18H2,1H3. The van der Waals surface area contributed by atoms with E-state index in [-0.39, 0.29) is 0 Å². The summed E-state index contributed by atoms with van der Waals surface area (Å²) in [5.41, 5.74) is 12.3. The Kier molecular flexibility index (Phi) is 4.81. The molecule has 0 heteroatoms. The number of hydrogen-bond acceptors (Lipinski definition) is 0. The van der Waals surface area contributed by atoms with Gasteiger partial charge in [-0.05, 0) is 96.2 Å². The lowest BCUT2D eigenvalue weighted by atomic mass is 9.79. The zero-order valence-electron chi connectivity index (χ0n) is 17.0. The molecule has 3 aliphatic rings. The Morgan fingerprint density at radius 1 is 0.857 bits per heavy atom. The molecule has 1 unspecified atom stereocenters. The molecule has 0 nitrogen and oxygen atoms in total. The van der Waals surface area contributed by atoms with Crippen LogP contribution >= 0.6 is 0 Å². The van der Waals surface area contributed by atoms with E-state index in [0.29, 0.717) is 0 Å². The van der Waals surface area contributed by atoms with E-state index in [0.717, 1.165) is 25.2 Å². The van der Waals surface area contributed by atoms with Crippen molar-refractivity contribution in [2.24, 2.45) is 5.92 Å². The van der Waals surface area contributed by atoms with Crippen LogP contribution < -0.4 is 0 Å². The Bertz CT molecular complexity index is 966. The van der Waals surface area contributed by atoms with Gasteiger partial charge in [0, 0.05) is 0 Å². The van der Waals surface area contributed by atoms with Gasteiger partial charge in [0.2, 0.25) is 0 Å². The second-order valence-electron chi connectivity index (χ2n) is 8.73. The third-order valence-electron chi connectivity index (χ3n) is 6.97. The highest BCUT2D eigenvalue weighted by molar-refractivity contribution is 5.65. The number of rotatable bonds is 5. The largest absolute Gasteiger partial charge is 0.0772 e. The van der Waals surface area contributed by atoms with Crippen LogP contribution in [-0.4, -0.2) is 0 Å². The van der Waals surface area contributed by atoms with Crippen molar-refractivity contribution in [1.29, 1.82) is 0 Å². The summed E-state index contributed by atoms with van der Waals surface area (Å²) in [5.74, 6) is 0.759. The molecule has 142 valence electrons. The summed E-state index contributed by atoms with van der Waals surface area (Å²) in [7, 11) is 0. The highest BCUT2D eigenvalue weighted by Gasteiger charge is 2.27.